The second-order valence-electron chi connectivity index (χ2n) is 8.64. The molecule has 0 saturated carbocycles. The van der Waals surface area contributed by atoms with Crippen molar-refractivity contribution in [2.45, 2.75) is 23.8 Å². The van der Waals surface area contributed by atoms with E-state index in [1.807, 2.05) is 0 Å². The molecular formula is C25H23ClFN5O5S. The monoisotopic (exact) mass is 559 g/mol. The average Bonchev–Trinajstić information content (AvgIpc) is 3.41. The normalized spacial score (nSPS) is 15.5. The van der Waals surface area contributed by atoms with Crippen LogP contribution in [0.25, 0.3) is 16.8 Å². The van der Waals surface area contributed by atoms with E-state index >= 15 is 0 Å². The van der Waals surface area contributed by atoms with E-state index in [9.17, 15) is 17.6 Å². The maximum Gasteiger partial charge on any atom is 0.300 e. The largest absolute Gasteiger partial charge is 0.485 e. The van der Waals surface area contributed by atoms with E-state index in [2.05, 4.69) is 20.0 Å². The Balaban J connectivity index is 1.48. The molecule has 13 heteroatoms. The molecule has 0 bridgehead atoms. The average molecular weight is 560 g/mol. The van der Waals surface area contributed by atoms with Crippen LogP contribution in [-0.4, -0.2) is 49.1 Å². The quantitative estimate of drug-likeness (QED) is 0.336. The Morgan fingerprint density at radius 2 is 2.03 bits per heavy atom. The minimum absolute atomic E-state index is 0.00592. The molecule has 1 unspecified atom stereocenters. The van der Waals surface area contributed by atoms with Crippen molar-refractivity contribution in [2.24, 2.45) is 0 Å². The summed E-state index contributed by atoms with van der Waals surface area (Å²) < 4.78 is 54.1. The fourth-order valence-corrected chi connectivity index (χ4v) is 5.74. The highest BCUT2D eigenvalue weighted by atomic mass is 35.5. The van der Waals surface area contributed by atoms with Gasteiger partial charge in [0.1, 0.15) is 28.7 Å². The van der Waals surface area contributed by atoms with E-state index in [-0.39, 0.29) is 38.8 Å². The number of anilines is 1. The minimum atomic E-state index is -4.21. The molecule has 198 valence electrons. The van der Waals surface area contributed by atoms with Crippen LogP contribution in [0.3, 0.4) is 0 Å². The molecule has 1 saturated heterocycles. The number of sulfonamides is 1. The summed E-state index contributed by atoms with van der Waals surface area (Å²) in [4.78, 5) is 21.3. The number of nitrogens with zero attached hydrogens (tertiary/aromatic N) is 3. The van der Waals surface area contributed by atoms with Gasteiger partial charge >= 0.3 is 0 Å². The van der Waals surface area contributed by atoms with E-state index in [0.29, 0.717) is 23.4 Å². The Morgan fingerprint density at radius 3 is 2.76 bits per heavy atom. The van der Waals surface area contributed by atoms with Crippen LogP contribution in [-0.2, 0) is 10.0 Å². The van der Waals surface area contributed by atoms with Gasteiger partial charge in [-0.2, -0.15) is 0 Å². The third-order valence-corrected chi connectivity index (χ3v) is 7.93. The van der Waals surface area contributed by atoms with Crippen molar-refractivity contribution in [3.8, 4) is 22.8 Å². The number of pyridine rings is 2. The Kier molecular flexibility index (Phi) is 7.19. The number of aromatic nitrogens is 3. The number of halogens is 2. The molecule has 5 rings (SSSR count). The number of rotatable bonds is 8. The zero-order chi connectivity index (χ0) is 26.9. The lowest BCUT2D eigenvalue weighted by Crippen LogP contribution is -2.30. The van der Waals surface area contributed by atoms with Gasteiger partial charge in [0.15, 0.2) is 0 Å². The van der Waals surface area contributed by atoms with Gasteiger partial charge in [-0.1, -0.05) is 11.6 Å². The van der Waals surface area contributed by atoms with Gasteiger partial charge in [-0.3, -0.25) is 13.9 Å². The molecule has 1 atom stereocenters. The fourth-order valence-electron chi connectivity index (χ4n) is 4.16. The molecule has 2 N–H and O–H groups in total. The van der Waals surface area contributed by atoms with Crippen LogP contribution in [0.4, 0.5) is 10.1 Å². The predicted molar refractivity (Wildman–Crippen MR) is 140 cm³/mol. The number of hydrogen-bond acceptors (Lipinski definition) is 8. The topological polar surface area (TPSA) is 124 Å². The third kappa shape index (κ3) is 5.28. The number of fused-ring (bicyclic) bond motifs is 1. The Labute approximate surface area is 222 Å². The molecule has 0 amide bonds. The molecule has 0 aliphatic carbocycles. The Bertz CT molecular complexity index is 1680. The first-order chi connectivity index (χ1) is 18.2. The number of nitrogens with one attached hydrogen (secondary N) is 2. The van der Waals surface area contributed by atoms with Crippen LogP contribution in [0.2, 0.25) is 5.02 Å². The standard InChI is InChI=1S/C25H23ClFN5O5S/c1-36-24-20(31-38(34,35)22-6-5-17(27)10-19(22)26)9-16(11-30-24)15-4-7-23-29-12-21(25(33)32(23)13-15)37-14-18-3-2-8-28-18/h4-7,9-13,18,28,31H,2-3,8,14H2,1H3. The molecule has 1 aromatic carbocycles. The molecular weight excluding hydrogens is 537 g/mol. The highest BCUT2D eigenvalue weighted by Gasteiger charge is 2.22. The molecule has 4 heterocycles. The van der Waals surface area contributed by atoms with Crippen molar-refractivity contribution < 1.29 is 22.3 Å². The summed E-state index contributed by atoms with van der Waals surface area (Å²) in [6.45, 7) is 1.30. The smallest absolute Gasteiger partial charge is 0.300 e. The van der Waals surface area contributed by atoms with Gasteiger partial charge in [0, 0.05) is 29.6 Å². The lowest BCUT2D eigenvalue weighted by atomic mass is 10.1. The van der Waals surface area contributed by atoms with Crippen LogP contribution >= 0.6 is 11.6 Å². The van der Waals surface area contributed by atoms with E-state index in [4.69, 9.17) is 21.1 Å². The van der Waals surface area contributed by atoms with Crippen LogP contribution in [0.5, 0.6) is 11.6 Å². The number of hydrogen-bond donors (Lipinski definition) is 2. The second-order valence-corrected chi connectivity index (χ2v) is 10.7. The maximum absolute atomic E-state index is 13.4. The van der Waals surface area contributed by atoms with Gasteiger partial charge in [0.25, 0.3) is 15.6 Å². The SMILES string of the molecule is COc1ncc(-c2ccc3ncc(OCC4CCCN4)c(=O)n3c2)cc1NS(=O)(=O)c1ccc(F)cc1Cl. The van der Waals surface area contributed by atoms with Crippen molar-refractivity contribution in [3.05, 3.63) is 76.2 Å². The van der Waals surface area contributed by atoms with Crippen molar-refractivity contribution in [3.63, 3.8) is 0 Å². The van der Waals surface area contributed by atoms with E-state index in [1.165, 1.54) is 30.0 Å². The summed E-state index contributed by atoms with van der Waals surface area (Å²) in [5.74, 6) is -0.530. The maximum atomic E-state index is 13.4. The van der Waals surface area contributed by atoms with Gasteiger partial charge in [-0.15, -0.1) is 0 Å². The van der Waals surface area contributed by atoms with Gasteiger partial charge in [0.2, 0.25) is 11.6 Å². The minimum Gasteiger partial charge on any atom is -0.485 e. The molecule has 0 spiro atoms. The van der Waals surface area contributed by atoms with E-state index in [1.54, 1.807) is 18.3 Å². The van der Waals surface area contributed by atoms with Crippen molar-refractivity contribution in [1.82, 2.24) is 19.7 Å². The Morgan fingerprint density at radius 1 is 1.18 bits per heavy atom. The summed E-state index contributed by atoms with van der Waals surface area (Å²) in [5.41, 5.74) is 1.12. The van der Waals surface area contributed by atoms with Gasteiger partial charge in [-0.05, 0) is 55.8 Å². The van der Waals surface area contributed by atoms with Gasteiger partial charge in [-0.25, -0.2) is 22.8 Å². The predicted octanol–water partition coefficient (Wildman–Crippen LogP) is 3.49. The van der Waals surface area contributed by atoms with Crippen LogP contribution in [0.15, 0.2) is 64.7 Å². The molecule has 0 radical (unpaired) electrons. The zero-order valence-electron chi connectivity index (χ0n) is 20.1. The van der Waals surface area contributed by atoms with Crippen LogP contribution in [0, 0.1) is 5.82 Å². The van der Waals surface area contributed by atoms with E-state index in [0.717, 1.165) is 37.6 Å². The molecule has 4 aromatic rings. The van der Waals surface area contributed by atoms with Crippen LogP contribution < -0.4 is 25.1 Å². The van der Waals surface area contributed by atoms with Crippen molar-refractivity contribution in [2.75, 3.05) is 25.0 Å². The first-order valence-corrected chi connectivity index (χ1v) is 13.5. The highest BCUT2D eigenvalue weighted by molar-refractivity contribution is 7.92. The number of methoxy groups -OCH3 is 1. The molecule has 1 aliphatic heterocycles. The summed E-state index contributed by atoms with van der Waals surface area (Å²) in [6.07, 6.45) is 6.51. The molecule has 38 heavy (non-hydrogen) atoms. The number of benzene rings is 1. The van der Waals surface area contributed by atoms with Crippen molar-refractivity contribution >= 4 is 33.0 Å². The highest BCUT2D eigenvalue weighted by Crippen LogP contribution is 2.31. The molecule has 3 aromatic heterocycles. The zero-order valence-corrected chi connectivity index (χ0v) is 21.7. The summed E-state index contributed by atoms with van der Waals surface area (Å²) in [5, 5.41) is 3.04. The Hall–Kier alpha value is -3.74. The lowest BCUT2D eigenvalue weighted by molar-refractivity contribution is 0.272. The van der Waals surface area contributed by atoms with Crippen LogP contribution in [0.1, 0.15) is 12.8 Å². The van der Waals surface area contributed by atoms with E-state index < -0.39 is 15.8 Å². The second kappa shape index (κ2) is 10.6. The van der Waals surface area contributed by atoms with Crippen molar-refractivity contribution in [1.29, 1.82) is 0 Å². The summed E-state index contributed by atoms with van der Waals surface area (Å²) in [7, 11) is -2.87. The summed E-state index contributed by atoms with van der Waals surface area (Å²) >= 11 is 5.97. The molecule has 1 fully saturated rings. The first-order valence-electron chi connectivity index (χ1n) is 11.6. The summed E-state index contributed by atoms with van der Waals surface area (Å²) in [6, 6.07) is 8.05. The molecule has 10 nitrogen and oxygen atoms in total. The van der Waals surface area contributed by atoms with Gasteiger partial charge < -0.3 is 14.8 Å². The lowest BCUT2D eigenvalue weighted by Gasteiger charge is -2.14. The fraction of sp³-hybridized carbons (Fsp3) is 0.240. The number of ether oxygens (including phenoxy) is 2. The van der Waals surface area contributed by atoms with Gasteiger partial charge in [0.05, 0.1) is 18.3 Å². The first kappa shape index (κ1) is 25.9. The third-order valence-electron chi connectivity index (χ3n) is 6.08. The molecule has 1 aliphatic rings.